The highest BCUT2D eigenvalue weighted by Crippen LogP contribution is 2.76. The molecule has 0 spiro atoms. The maximum atomic E-state index is 14.8. The lowest BCUT2D eigenvalue weighted by Crippen LogP contribution is -2.67. The van der Waals surface area contributed by atoms with Gasteiger partial charge in [0.05, 0.1) is 50.2 Å². The number of rotatable bonds is 13. The molecule has 0 radical (unpaired) electrons. The lowest BCUT2D eigenvalue weighted by atomic mass is 9.33. The Hall–Kier alpha value is -1.75. The van der Waals surface area contributed by atoms with Crippen molar-refractivity contribution in [2.45, 2.75) is 273 Å². The largest absolute Gasteiger partial charge is 0.432 e. The number of hydrogen-bond donors (Lipinski definition) is 15. The maximum Gasteiger partial charge on any atom is 0.315 e. The second-order valence-electron chi connectivity index (χ2n) is 28.4. The van der Waals surface area contributed by atoms with Crippen molar-refractivity contribution >= 4 is 5.97 Å². The Morgan fingerprint density at radius 2 is 1.09 bits per heavy atom. The Labute approximate surface area is 494 Å². The van der Waals surface area contributed by atoms with Gasteiger partial charge in [-0.05, 0) is 117 Å². The van der Waals surface area contributed by atoms with Crippen LogP contribution in [0.4, 0.5) is 0 Å². The van der Waals surface area contributed by atoms with Gasteiger partial charge in [0.25, 0.3) is 0 Å². The van der Waals surface area contributed by atoms with Crippen LogP contribution < -0.4 is 0 Å². The van der Waals surface area contributed by atoms with E-state index in [1.807, 2.05) is 6.92 Å². The molecule has 0 aromatic carbocycles. The number of aliphatic hydroxyl groups excluding tert-OH is 15. The highest BCUT2D eigenvalue weighted by molar-refractivity contribution is 5.79. The molecular weight excluding hydrogens is 1120 g/mol. The normalized spacial score (nSPS) is 55.3. The summed E-state index contributed by atoms with van der Waals surface area (Å²) in [6.45, 7) is 14.2. The number of aliphatic hydroxyl groups is 15. The Kier molecular flexibility index (Phi) is 19.0. The Balaban J connectivity index is 0.797. The minimum atomic E-state index is -1.94. The summed E-state index contributed by atoms with van der Waals surface area (Å²) in [5.74, 6) is -0.633. The molecule has 33 atom stereocenters. The number of allylic oxidation sites excluding steroid dienone is 2. The van der Waals surface area contributed by atoms with E-state index in [4.69, 9.17) is 47.4 Å². The molecule has 5 saturated heterocycles. The number of esters is 1. The van der Waals surface area contributed by atoms with Crippen molar-refractivity contribution in [3.63, 3.8) is 0 Å². The van der Waals surface area contributed by atoms with Gasteiger partial charge in [-0.2, -0.15) is 0 Å². The predicted octanol–water partition coefficient (Wildman–Crippen LogP) is -2.54. The first-order chi connectivity index (χ1) is 39.9. The fourth-order valence-corrected chi connectivity index (χ4v) is 17.6. The van der Waals surface area contributed by atoms with Gasteiger partial charge in [-0.25, -0.2) is 0 Å². The minimum absolute atomic E-state index is 0.0610. The van der Waals surface area contributed by atoms with Crippen LogP contribution in [0.2, 0.25) is 0 Å². The fraction of sp³-hybridized carbons (Fsp3) is 0.949. The van der Waals surface area contributed by atoms with Crippen molar-refractivity contribution in [1.82, 2.24) is 0 Å². The van der Waals surface area contributed by atoms with Crippen LogP contribution in [0.15, 0.2) is 11.6 Å². The average Bonchev–Trinajstić information content (AvgIpc) is 0.683. The Morgan fingerprint density at radius 1 is 0.541 bits per heavy atom. The fourth-order valence-electron chi connectivity index (χ4n) is 17.6. The molecule has 0 aromatic rings. The maximum absolute atomic E-state index is 14.8. The third-order valence-electron chi connectivity index (χ3n) is 23.2. The van der Waals surface area contributed by atoms with Crippen LogP contribution in [0.5, 0.6) is 0 Å². The molecule has 5 aliphatic heterocycles. The molecule has 0 amide bonds. The van der Waals surface area contributed by atoms with E-state index in [1.54, 1.807) is 0 Å². The first-order valence-corrected chi connectivity index (χ1v) is 30.6. The van der Waals surface area contributed by atoms with Gasteiger partial charge in [0.2, 0.25) is 6.29 Å². The molecule has 10 rings (SSSR count). The van der Waals surface area contributed by atoms with E-state index in [-0.39, 0.29) is 52.6 Å². The van der Waals surface area contributed by atoms with E-state index >= 15 is 0 Å². The van der Waals surface area contributed by atoms with Gasteiger partial charge in [-0.15, -0.1) is 0 Å². The van der Waals surface area contributed by atoms with Gasteiger partial charge in [0, 0.05) is 5.41 Å². The SMILES string of the molecule is CC1OC(OC2C(O)C(CO)OC(OC3C(O)C(C)OC(OC4COC(OC5CCC6(C)C(CCC7(C)C6CC=C6C8CC(C)(C)CCC8(C(=O)OC8OC(CO)C(O)C(O)C8O)CCC67C)C5(C)CO)C(O)C4O)C3O)C2O)C(O)C(O)C1O. The molecule has 0 aromatic heterocycles. The predicted molar refractivity (Wildman–Crippen MR) is 288 cm³/mol. The van der Waals surface area contributed by atoms with Crippen LogP contribution in [-0.2, 0) is 52.2 Å². The summed E-state index contributed by atoms with van der Waals surface area (Å²) in [4.78, 5) is 14.8. The zero-order valence-corrected chi connectivity index (χ0v) is 49.8. The van der Waals surface area contributed by atoms with Gasteiger partial charge >= 0.3 is 5.97 Å². The first-order valence-electron chi connectivity index (χ1n) is 30.6. The van der Waals surface area contributed by atoms with E-state index in [0.29, 0.717) is 32.1 Å². The Morgan fingerprint density at radius 3 is 1.74 bits per heavy atom. The van der Waals surface area contributed by atoms with Gasteiger partial charge < -0.3 is 124 Å². The molecule has 9 fully saturated rings. The smallest absolute Gasteiger partial charge is 0.315 e. The van der Waals surface area contributed by atoms with E-state index < -0.39 is 184 Å². The van der Waals surface area contributed by atoms with Crippen LogP contribution >= 0.6 is 0 Å². The molecule has 33 unspecified atom stereocenters. The minimum Gasteiger partial charge on any atom is -0.432 e. The first kappa shape index (κ1) is 66.2. The molecule has 15 N–H and O–H groups in total. The molecule has 26 nitrogen and oxygen atoms in total. The second-order valence-corrected chi connectivity index (χ2v) is 28.4. The highest BCUT2D eigenvalue weighted by Gasteiger charge is 2.71. The molecular formula is C59H96O26. The molecule has 0 bridgehead atoms. The molecule has 10 aliphatic rings. The van der Waals surface area contributed by atoms with Crippen LogP contribution in [-0.4, -0.2) is 263 Å². The van der Waals surface area contributed by atoms with Crippen molar-refractivity contribution in [2.75, 3.05) is 26.4 Å². The van der Waals surface area contributed by atoms with Gasteiger partial charge in [-0.3, -0.25) is 4.79 Å². The number of ether oxygens (including phenoxy) is 10. The molecule has 4 saturated carbocycles. The quantitative estimate of drug-likeness (QED) is 0.0513. The van der Waals surface area contributed by atoms with Crippen LogP contribution in [0.25, 0.3) is 0 Å². The summed E-state index contributed by atoms with van der Waals surface area (Å²) in [6, 6.07) is 0. The number of carbonyl (C=O) groups excluding carboxylic acids is 1. The topological polar surface area (TPSA) is 413 Å². The molecule has 488 valence electrons. The monoisotopic (exact) mass is 1220 g/mol. The van der Waals surface area contributed by atoms with E-state index in [0.717, 1.165) is 32.1 Å². The Bertz CT molecular complexity index is 2370. The van der Waals surface area contributed by atoms with E-state index in [9.17, 15) is 81.4 Å². The summed E-state index contributed by atoms with van der Waals surface area (Å²) >= 11 is 0. The van der Waals surface area contributed by atoms with Crippen LogP contribution in [0, 0.1) is 50.2 Å². The van der Waals surface area contributed by atoms with Gasteiger partial charge in [0.15, 0.2) is 25.2 Å². The van der Waals surface area contributed by atoms with Crippen molar-refractivity contribution in [3.8, 4) is 0 Å². The molecule has 5 aliphatic carbocycles. The molecule has 26 heteroatoms. The average molecular weight is 1220 g/mol. The lowest BCUT2D eigenvalue weighted by molar-refractivity contribution is -0.385. The summed E-state index contributed by atoms with van der Waals surface area (Å²) in [6.07, 6.45) is -30.0. The molecule has 85 heavy (non-hydrogen) atoms. The number of hydrogen-bond acceptors (Lipinski definition) is 26. The summed E-state index contributed by atoms with van der Waals surface area (Å²) in [7, 11) is 0. The van der Waals surface area contributed by atoms with Crippen molar-refractivity contribution in [2.24, 2.45) is 50.2 Å². The number of fused-ring (bicyclic) bond motifs is 7. The highest BCUT2D eigenvalue weighted by atomic mass is 16.8. The lowest BCUT2D eigenvalue weighted by Gasteiger charge is -2.71. The summed E-state index contributed by atoms with van der Waals surface area (Å²) < 4.78 is 59.1. The third-order valence-corrected chi connectivity index (χ3v) is 23.2. The molecule has 5 heterocycles. The van der Waals surface area contributed by atoms with Crippen molar-refractivity contribution in [3.05, 3.63) is 11.6 Å². The third kappa shape index (κ3) is 11.0. The zero-order valence-electron chi connectivity index (χ0n) is 49.8. The van der Waals surface area contributed by atoms with Crippen LogP contribution in [0.3, 0.4) is 0 Å². The van der Waals surface area contributed by atoms with Crippen molar-refractivity contribution < 1.29 is 129 Å². The zero-order chi connectivity index (χ0) is 62.0. The van der Waals surface area contributed by atoms with Gasteiger partial charge in [-0.1, -0.05) is 53.2 Å². The summed E-state index contributed by atoms with van der Waals surface area (Å²) in [5, 5.41) is 163. The number of carbonyl (C=O) groups is 1. The van der Waals surface area contributed by atoms with Crippen LogP contribution in [0.1, 0.15) is 120 Å². The van der Waals surface area contributed by atoms with E-state index in [1.165, 1.54) is 19.4 Å². The summed E-state index contributed by atoms with van der Waals surface area (Å²) in [5.41, 5.74) is -1.56. The second kappa shape index (κ2) is 24.4. The van der Waals surface area contributed by atoms with E-state index in [2.05, 4.69) is 40.7 Å². The van der Waals surface area contributed by atoms with Crippen molar-refractivity contribution in [1.29, 1.82) is 0 Å². The van der Waals surface area contributed by atoms with Gasteiger partial charge in [0.1, 0.15) is 104 Å². The standard InChI is InChI=1S/C59H96O26/c1-24-34(63)39(68)42(71)49(77-24)84-47-38(67)29(21-61)80-52(45(47)74)83-46-35(64)25(2)78-51(44(46)73)81-30-22-76-48(41(70)37(30)66)82-33-12-13-55(5)31(56(33,6)23-62)11-14-58(8)32(55)10-9-26-27-19-54(3,4)15-17-59(27,18-16-57(26,58)7)53(75)85-50-43(72)40(69)36(65)28(20-60)79-50/h9,24-25,27-52,60-74H,10-23H2,1-8H3.